The first-order chi connectivity index (χ1) is 6.13. The van der Waals surface area contributed by atoms with Crippen molar-refractivity contribution in [1.82, 2.24) is 0 Å². The van der Waals surface area contributed by atoms with Crippen LogP contribution in [0.2, 0.25) is 0 Å². The average Bonchev–Trinajstić information content (AvgIpc) is 2.63. The van der Waals surface area contributed by atoms with Crippen molar-refractivity contribution in [1.29, 1.82) is 0 Å². The SMILES string of the molecule is CC(C)(OC=O)C1C[C@@H]2CCC1C2. The van der Waals surface area contributed by atoms with Crippen LogP contribution in [-0.2, 0) is 9.53 Å². The molecule has 0 amide bonds. The third kappa shape index (κ3) is 1.47. The second kappa shape index (κ2) is 3.00. The molecule has 2 fully saturated rings. The number of hydrogen-bond donors (Lipinski definition) is 0. The van der Waals surface area contributed by atoms with Gasteiger partial charge in [0.25, 0.3) is 6.47 Å². The Morgan fingerprint density at radius 3 is 2.54 bits per heavy atom. The van der Waals surface area contributed by atoms with Crippen molar-refractivity contribution >= 4 is 6.47 Å². The number of fused-ring (bicyclic) bond motifs is 2. The van der Waals surface area contributed by atoms with Crippen molar-refractivity contribution in [2.24, 2.45) is 17.8 Å². The van der Waals surface area contributed by atoms with Gasteiger partial charge in [-0.25, -0.2) is 0 Å². The second-order valence-corrected chi connectivity index (χ2v) is 5.10. The van der Waals surface area contributed by atoms with E-state index < -0.39 is 0 Å². The molecule has 2 bridgehead atoms. The predicted molar refractivity (Wildman–Crippen MR) is 50.2 cm³/mol. The smallest absolute Gasteiger partial charge is 0.293 e. The normalized spacial score (nSPS) is 37.8. The Morgan fingerprint density at radius 2 is 2.08 bits per heavy atom. The molecule has 0 aromatic rings. The fourth-order valence-electron chi connectivity index (χ4n) is 3.31. The van der Waals surface area contributed by atoms with Gasteiger partial charge in [-0.15, -0.1) is 0 Å². The molecule has 2 heteroatoms. The van der Waals surface area contributed by atoms with Crippen LogP contribution in [0, 0.1) is 17.8 Å². The lowest BCUT2D eigenvalue weighted by Crippen LogP contribution is -2.37. The first-order valence-corrected chi connectivity index (χ1v) is 5.25. The molecule has 2 aliphatic carbocycles. The molecule has 2 rings (SSSR count). The molecule has 13 heavy (non-hydrogen) atoms. The van der Waals surface area contributed by atoms with Gasteiger partial charge in [0.15, 0.2) is 0 Å². The number of hydrogen-bond acceptors (Lipinski definition) is 2. The Morgan fingerprint density at radius 1 is 1.31 bits per heavy atom. The summed E-state index contributed by atoms with van der Waals surface area (Å²) in [5.41, 5.74) is -0.235. The maximum absolute atomic E-state index is 10.4. The van der Waals surface area contributed by atoms with Crippen molar-refractivity contribution in [2.75, 3.05) is 0 Å². The van der Waals surface area contributed by atoms with Gasteiger partial charge in [-0.3, -0.25) is 4.79 Å². The van der Waals surface area contributed by atoms with E-state index in [2.05, 4.69) is 0 Å². The molecule has 0 radical (unpaired) electrons. The fraction of sp³-hybridized carbons (Fsp3) is 0.909. The summed E-state index contributed by atoms with van der Waals surface area (Å²) < 4.78 is 5.19. The Hall–Kier alpha value is -0.530. The van der Waals surface area contributed by atoms with Crippen LogP contribution in [0.4, 0.5) is 0 Å². The molecule has 2 unspecified atom stereocenters. The molecule has 2 saturated carbocycles. The van der Waals surface area contributed by atoms with Crippen LogP contribution in [0.1, 0.15) is 39.5 Å². The van der Waals surface area contributed by atoms with Crippen LogP contribution >= 0.6 is 0 Å². The quantitative estimate of drug-likeness (QED) is 0.626. The molecule has 0 N–H and O–H groups in total. The van der Waals surface area contributed by atoms with E-state index in [1.54, 1.807) is 0 Å². The maximum Gasteiger partial charge on any atom is 0.293 e. The largest absolute Gasteiger partial charge is 0.462 e. The number of ether oxygens (including phenoxy) is 1. The molecule has 3 atom stereocenters. The van der Waals surface area contributed by atoms with Gasteiger partial charge in [0.2, 0.25) is 0 Å². The molecule has 0 aliphatic heterocycles. The predicted octanol–water partition coefficient (Wildman–Crippen LogP) is 2.37. The Balaban J connectivity index is 2.04. The zero-order valence-corrected chi connectivity index (χ0v) is 8.45. The van der Waals surface area contributed by atoms with Gasteiger partial charge in [0.05, 0.1) is 0 Å². The minimum Gasteiger partial charge on any atom is -0.462 e. The molecule has 0 aromatic heterocycles. The van der Waals surface area contributed by atoms with Crippen LogP contribution in [-0.4, -0.2) is 12.1 Å². The van der Waals surface area contributed by atoms with E-state index in [9.17, 15) is 4.79 Å². The molecule has 0 spiro atoms. The fourth-order valence-corrected chi connectivity index (χ4v) is 3.31. The summed E-state index contributed by atoms with van der Waals surface area (Å²) in [5.74, 6) is 2.35. The summed E-state index contributed by atoms with van der Waals surface area (Å²) in [5, 5.41) is 0. The Labute approximate surface area is 79.7 Å². The van der Waals surface area contributed by atoms with E-state index in [0.717, 1.165) is 11.8 Å². The van der Waals surface area contributed by atoms with Gasteiger partial charge >= 0.3 is 0 Å². The highest BCUT2D eigenvalue weighted by Gasteiger charge is 2.47. The lowest BCUT2D eigenvalue weighted by atomic mass is 9.78. The van der Waals surface area contributed by atoms with Crippen molar-refractivity contribution in [3.8, 4) is 0 Å². The molecule has 0 heterocycles. The van der Waals surface area contributed by atoms with Gasteiger partial charge < -0.3 is 4.74 Å². The van der Waals surface area contributed by atoms with E-state index >= 15 is 0 Å². The lowest BCUT2D eigenvalue weighted by Gasteiger charge is -2.35. The Bertz CT molecular complexity index is 210. The van der Waals surface area contributed by atoms with Crippen LogP contribution in [0.3, 0.4) is 0 Å². The Kier molecular flexibility index (Phi) is 2.09. The number of carbonyl (C=O) groups excluding carboxylic acids is 1. The minimum atomic E-state index is -0.235. The first kappa shape index (κ1) is 9.04. The topological polar surface area (TPSA) is 26.3 Å². The lowest BCUT2D eigenvalue weighted by molar-refractivity contribution is -0.147. The van der Waals surface area contributed by atoms with E-state index in [0.29, 0.717) is 12.4 Å². The molecule has 2 aliphatic rings. The summed E-state index contributed by atoms with van der Waals surface area (Å²) >= 11 is 0. The summed E-state index contributed by atoms with van der Waals surface area (Å²) in [4.78, 5) is 10.4. The minimum absolute atomic E-state index is 0.235. The highest BCUT2D eigenvalue weighted by molar-refractivity contribution is 5.38. The number of carbonyl (C=O) groups is 1. The van der Waals surface area contributed by atoms with Gasteiger partial charge in [0.1, 0.15) is 5.60 Å². The zero-order valence-electron chi connectivity index (χ0n) is 8.45. The summed E-state index contributed by atoms with van der Waals surface area (Å²) in [6.45, 7) is 4.70. The summed E-state index contributed by atoms with van der Waals surface area (Å²) in [6, 6.07) is 0. The van der Waals surface area contributed by atoms with E-state index in [1.165, 1.54) is 25.7 Å². The van der Waals surface area contributed by atoms with E-state index in [-0.39, 0.29) is 5.60 Å². The van der Waals surface area contributed by atoms with Crippen molar-refractivity contribution in [3.63, 3.8) is 0 Å². The van der Waals surface area contributed by atoms with E-state index in [4.69, 9.17) is 4.74 Å². The second-order valence-electron chi connectivity index (χ2n) is 5.10. The van der Waals surface area contributed by atoms with E-state index in [1.807, 2.05) is 13.8 Å². The van der Waals surface area contributed by atoms with Crippen molar-refractivity contribution < 1.29 is 9.53 Å². The highest BCUT2D eigenvalue weighted by Crippen LogP contribution is 2.52. The van der Waals surface area contributed by atoms with Crippen LogP contribution < -0.4 is 0 Å². The molecule has 0 saturated heterocycles. The monoisotopic (exact) mass is 182 g/mol. The average molecular weight is 182 g/mol. The molecular weight excluding hydrogens is 164 g/mol. The third-order valence-corrected chi connectivity index (χ3v) is 3.98. The highest BCUT2D eigenvalue weighted by atomic mass is 16.5. The van der Waals surface area contributed by atoms with Crippen molar-refractivity contribution in [3.05, 3.63) is 0 Å². The van der Waals surface area contributed by atoms with Gasteiger partial charge in [-0.2, -0.15) is 0 Å². The third-order valence-electron chi connectivity index (χ3n) is 3.98. The maximum atomic E-state index is 10.4. The van der Waals surface area contributed by atoms with Gasteiger partial charge in [-0.1, -0.05) is 6.42 Å². The van der Waals surface area contributed by atoms with Gasteiger partial charge in [-0.05, 0) is 44.9 Å². The van der Waals surface area contributed by atoms with Crippen molar-refractivity contribution in [2.45, 2.75) is 45.1 Å². The van der Waals surface area contributed by atoms with Crippen LogP contribution in [0.5, 0.6) is 0 Å². The molecule has 74 valence electrons. The standard InChI is InChI=1S/C11H18O2/c1-11(2,13-7-12)10-6-8-3-4-9(10)5-8/h7-10H,3-6H2,1-2H3/t8-,9?,10?/m1/s1. The molecule has 2 nitrogen and oxygen atoms in total. The first-order valence-electron chi connectivity index (χ1n) is 5.25. The van der Waals surface area contributed by atoms with Gasteiger partial charge in [0, 0.05) is 5.92 Å². The van der Waals surface area contributed by atoms with Crippen LogP contribution in [0.15, 0.2) is 0 Å². The number of rotatable bonds is 3. The zero-order chi connectivity index (χ0) is 9.47. The molecular formula is C11H18O2. The molecule has 0 aromatic carbocycles. The summed E-state index contributed by atoms with van der Waals surface area (Å²) in [7, 11) is 0. The summed E-state index contributed by atoms with van der Waals surface area (Å²) in [6.07, 6.45) is 5.39. The van der Waals surface area contributed by atoms with Crippen LogP contribution in [0.25, 0.3) is 0 Å².